The van der Waals surface area contributed by atoms with Crippen LogP contribution in [0.15, 0.2) is 12.1 Å². The van der Waals surface area contributed by atoms with Gasteiger partial charge in [-0.2, -0.15) is 0 Å². The second-order valence-corrected chi connectivity index (χ2v) is 4.90. The average Bonchev–Trinajstić information content (AvgIpc) is 2.48. The van der Waals surface area contributed by atoms with Crippen LogP contribution in [0.25, 0.3) is 0 Å². The summed E-state index contributed by atoms with van der Waals surface area (Å²) < 4.78 is 18.6. The number of hydrogen-bond donors (Lipinski definition) is 1. The van der Waals surface area contributed by atoms with Crippen molar-refractivity contribution < 1.29 is 18.8 Å². The van der Waals surface area contributed by atoms with E-state index in [-0.39, 0.29) is 17.4 Å². The van der Waals surface area contributed by atoms with Crippen molar-refractivity contribution in [2.75, 3.05) is 25.9 Å². The molecular weight excluding hydrogens is 281 g/mol. The lowest BCUT2D eigenvalue weighted by Gasteiger charge is -2.31. The Kier molecular flexibility index (Phi) is 4.37. The molecule has 2 rings (SSSR count). The number of nitrogens with two attached hydrogens (primary N) is 1. The molecule has 1 amide bonds. The van der Waals surface area contributed by atoms with Gasteiger partial charge in [-0.25, -0.2) is 4.39 Å². The highest BCUT2D eigenvalue weighted by molar-refractivity contribution is 5.99. The molecule has 1 aliphatic heterocycles. The maximum atomic E-state index is 13.4. The molecule has 0 spiro atoms. The standard InChI is InChI=1S/C13H16FN3O4/c1-21-8-3-2-4-16(7-8)13(18)9-5-11(15)10(14)6-12(9)17(19)20/h5-6,8H,2-4,7,15H2,1H3. The summed E-state index contributed by atoms with van der Waals surface area (Å²) in [6.45, 7) is 0.830. The Morgan fingerprint density at radius 3 is 2.90 bits per heavy atom. The predicted octanol–water partition coefficient (Wildman–Crippen LogP) is 1.57. The van der Waals surface area contributed by atoms with Crippen molar-refractivity contribution >= 4 is 17.3 Å². The van der Waals surface area contributed by atoms with Crippen LogP contribution in [0.1, 0.15) is 23.2 Å². The number of hydrogen-bond acceptors (Lipinski definition) is 5. The zero-order chi connectivity index (χ0) is 15.6. The van der Waals surface area contributed by atoms with E-state index in [1.807, 2.05) is 0 Å². The Morgan fingerprint density at radius 1 is 1.57 bits per heavy atom. The average molecular weight is 297 g/mol. The Labute approximate surface area is 120 Å². The van der Waals surface area contributed by atoms with Crippen LogP contribution in [-0.4, -0.2) is 42.0 Å². The quantitative estimate of drug-likeness (QED) is 0.518. The van der Waals surface area contributed by atoms with Gasteiger partial charge in [-0.1, -0.05) is 0 Å². The molecule has 0 saturated carbocycles. The Hall–Kier alpha value is -2.22. The number of amides is 1. The summed E-state index contributed by atoms with van der Waals surface area (Å²) in [5.41, 5.74) is 4.35. The van der Waals surface area contributed by atoms with Crippen LogP contribution in [0.3, 0.4) is 0 Å². The zero-order valence-electron chi connectivity index (χ0n) is 11.5. The molecule has 114 valence electrons. The lowest BCUT2D eigenvalue weighted by molar-refractivity contribution is -0.385. The SMILES string of the molecule is COC1CCCN(C(=O)c2cc(N)c(F)cc2[N+](=O)[O-])C1. The summed E-state index contributed by atoms with van der Waals surface area (Å²) in [5, 5.41) is 11.0. The number of methoxy groups -OCH3 is 1. The van der Waals surface area contributed by atoms with Gasteiger partial charge in [0.1, 0.15) is 5.56 Å². The highest BCUT2D eigenvalue weighted by atomic mass is 19.1. The first-order valence-corrected chi connectivity index (χ1v) is 6.49. The molecule has 1 aliphatic rings. The molecule has 0 bridgehead atoms. The van der Waals surface area contributed by atoms with Crippen LogP contribution in [-0.2, 0) is 4.74 Å². The summed E-state index contributed by atoms with van der Waals surface area (Å²) in [6.07, 6.45) is 1.47. The topological polar surface area (TPSA) is 98.7 Å². The Morgan fingerprint density at radius 2 is 2.29 bits per heavy atom. The molecule has 1 saturated heterocycles. The maximum Gasteiger partial charge on any atom is 0.285 e. The predicted molar refractivity (Wildman–Crippen MR) is 73.4 cm³/mol. The van der Waals surface area contributed by atoms with Crippen LogP contribution in [0, 0.1) is 15.9 Å². The molecule has 1 aromatic rings. The molecule has 0 aromatic heterocycles. The fourth-order valence-corrected chi connectivity index (χ4v) is 2.39. The third-order valence-corrected chi connectivity index (χ3v) is 3.54. The van der Waals surface area contributed by atoms with E-state index in [0.717, 1.165) is 18.9 Å². The number of carbonyl (C=O) groups excluding carboxylic acids is 1. The highest BCUT2D eigenvalue weighted by Gasteiger charge is 2.30. The largest absolute Gasteiger partial charge is 0.396 e. The number of nitro groups is 1. The number of halogens is 1. The molecule has 21 heavy (non-hydrogen) atoms. The molecule has 1 unspecified atom stereocenters. The van der Waals surface area contributed by atoms with Crippen LogP contribution in [0.5, 0.6) is 0 Å². The first-order chi connectivity index (χ1) is 9.93. The summed E-state index contributed by atoms with van der Waals surface area (Å²) in [5.74, 6) is -1.44. The number of rotatable bonds is 3. The summed E-state index contributed by atoms with van der Waals surface area (Å²) >= 11 is 0. The van der Waals surface area contributed by atoms with Gasteiger partial charge in [0.15, 0.2) is 5.82 Å². The molecule has 1 heterocycles. The smallest absolute Gasteiger partial charge is 0.285 e. The summed E-state index contributed by atoms with van der Waals surface area (Å²) in [4.78, 5) is 24.1. The van der Waals surface area contributed by atoms with Gasteiger partial charge in [-0.05, 0) is 18.9 Å². The van der Waals surface area contributed by atoms with Gasteiger partial charge in [0.2, 0.25) is 0 Å². The first-order valence-electron chi connectivity index (χ1n) is 6.49. The molecule has 1 atom stereocenters. The van der Waals surface area contributed by atoms with Crippen molar-refractivity contribution in [3.05, 3.63) is 33.6 Å². The number of ether oxygens (including phenoxy) is 1. The second kappa shape index (κ2) is 6.04. The second-order valence-electron chi connectivity index (χ2n) is 4.90. The summed E-state index contributed by atoms with van der Waals surface area (Å²) in [6, 6.07) is 1.70. The molecule has 1 fully saturated rings. The number of nitrogens with zero attached hydrogens (tertiary/aromatic N) is 2. The van der Waals surface area contributed by atoms with Gasteiger partial charge < -0.3 is 15.4 Å². The molecule has 8 heteroatoms. The van der Waals surface area contributed by atoms with Crippen molar-refractivity contribution in [1.82, 2.24) is 4.90 Å². The number of anilines is 1. The van der Waals surface area contributed by atoms with Crippen molar-refractivity contribution in [3.63, 3.8) is 0 Å². The van der Waals surface area contributed by atoms with Gasteiger partial charge in [0, 0.05) is 20.2 Å². The Balaban J connectivity index is 2.34. The third-order valence-electron chi connectivity index (χ3n) is 3.54. The van der Waals surface area contributed by atoms with E-state index < -0.39 is 22.3 Å². The van der Waals surface area contributed by atoms with Crippen molar-refractivity contribution in [2.24, 2.45) is 0 Å². The number of piperidine rings is 1. The van der Waals surface area contributed by atoms with E-state index in [2.05, 4.69) is 0 Å². The first kappa shape index (κ1) is 15.2. The normalized spacial score (nSPS) is 18.6. The third kappa shape index (κ3) is 3.10. The minimum atomic E-state index is -0.910. The highest BCUT2D eigenvalue weighted by Crippen LogP contribution is 2.27. The Bertz CT molecular complexity index is 579. The van der Waals surface area contributed by atoms with Gasteiger partial charge in [-0.3, -0.25) is 14.9 Å². The van der Waals surface area contributed by atoms with E-state index in [0.29, 0.717) is 19.2 Å². The van der Waals surface area contributed by atoms with Crippen molar-refractivity contribution in [2.45, 2.75) is 18.9 Å². The maximum absolute atomic E-state index is 13.4. The molecule has 0 aliphatic carbocycles. The van der Waals surface area contributed by atoms with Gasteiger partial charge in [0.25, 0.3) is 11.6 Å². The van der Waals surface area contributed by atoms with Crippen LogP contribution in [0.2, 0.25) is 0 Å². The molecule has 0 radical (unpaired) electrons. The number of carbonyl (C=O) groups is 1. The molecule has 2 N–H and O–H groups in total. The lowest BCUT2D eigenvalue weighted by Crippen LogP contribution is -2.43. The lowest BCUT2D eigenvalue weighted by atomic mass is 10.1. The van der Waals surface area contributed by atoms with E-state index in [1.54, 1.807) is 7.11 Å². The van der Waals surface area contributed by atoms with Crippen molar-refractivity contribution in [3.8, 4) is 0 Å². The van der Waals surface area contributed by atoms with Gasteiger partial charge >= 0.3 is 0 Å². The van der Waals surface area contributed by atoms with Crippen LogP contribution < -0.4 is 5.73 Å². The number of benzene rings is 1. The van der Waals surface area contributed by atoms with Crippen LogP contribution in [0.4, 0.5) is 15.8 Å². The molecule has 1 aromatic carbocycles. The minimum Gasteiger partial charge on any atom is -0.396 e. The number of nitrogen functional groups attached to an aromatic ring is 1. The van der Waals surface area contributed by atoms with Gasteiger partial charge in [-0.15, -0.1) is 0 Å². The van der Waals surface area contributed by atoms with E-state index in [4.69, 9.17) is 10.5 Å². The van der Waals surface area contributed by atoms with Crippen molar-refractivity contribution in [1.29, 1.82) is 0 Å². The monoisotopic (exact) mass is 297 g/mol. The number of likely N-dealkylation sites (tertiary alicyclic amines) is 1. The van der Waals surface area contributed by atoms with E-state index in [1.165, 1.54) is 4.90 Å². The number of nitro benzene ring substituents is 1. The molecular formula is C13H16FN3O4. The summed E-state index contributed by atoms with van der Waals surface area (Å²) in [7, 11) is 1.55. The minimum absolute atomic E-state index is 0.0976. The van der Waals surface area contributed by atoms with E-state index >= 15 is 0 Å². The van der Waals surface area contributed by atoms with E-state index in [9.17, 15) is 19.3 Å². The van der Waals surface area contributed by atoms with Crippen LogP contribution >= 0.6 is 0 Å². The molecule has 7 nitrogen and oxygen atoms in total. The van der Waals surface area contributed by atoms with Gasteiger partial charge in [0.05, 0.1) is 22.8 Å². The fraction of sp³-hybridized carbons (Fsp3) is 0.462. The fourth-order valence-electron chi connectivity index (χ4n) is 2.39. The zero-order valence-corrected chi connectivity index (χ0v) is 11.5.